The molecule has 1 aliphatic rings. The van der Waals surface area contributed by atoms with E-state index in [2.05, 4.69) is 57.8 Å². The lowest BCUT2D eigenvalue weighted by atomic mass is 9.91. The number of rotatable bonds is 5. The van der Waals surface area contributed by atoms with E-state index < -0.39 is 0 Å². The summed E-state index contributed by atoms with van der Waals surface area (Å²) in [6.07, 6.45) is 5.63. The van der Waals surface area contributed by atoms with Gasteiger partial charge in [0.2, 0.25) is 5.95 Å². The first-order valence-corrected chi connectivity index (χ1v) is 11.3. The molecule has 1 aromatic heterocycles. The monoisotopic (exact) mass is 544 g/mol. The van der Waals surface area contributed by atoms with Gasteiger partial charge in [0.15, 0.2) is 5.11 Å². The largest absolute Gasteiger partial charge is 0.363 e. The van der Waals surface area contributed by atoms with Crippen LogP contribution < -0.4 is 20.9 Å². The molecule has 1 saturated carbocycles. The number of nitrogens with zero attached hydrogens (tertiary/aromatic N) is 3. The van der Waals surface area contributed by atoms with Gasteiger partial charge in [0.05, 0.1) is 5.69 Å². The van der Waals surface area contributed by atoms with Crippen LogP contribution in [0.5, 0.6) is 0 Å². The van der Waals surface area contributed by atoms with Crippen LogP contribution in [-0.2, 0) is 0 Å². The van der Waals surface area contributed by atoms with Crippen LogP contribution in [0.2, 0.25) is 0 Å². The van der Waals surface area contributed by atoms with Crippen LogP contribution >= 0.6 is 44.1 Å². The third kappa shape index (κ3) is 6.23. The molecule has 10 heteroatoms. The highest BCUT2D eigenvalue weighted by molar-refractivity contribution is 9.11. The van der Waals surface area contributed by atoms with Crippen molar-refractivity contribution in [2.24, 2.45) is 0 Å². The zero-order chi connectivity index (χ0) is 21.0. The summed E-state index contributed by atoms with van der Waals surface area (Å²) in [5.74, 6) is 1.16. The van der Waals surface area contributed by atoms with Crippen LogP contribution in [0, 0.1) is 5.82 Å². The Kier molecular flexibility index (Phi) is 7.64. The molecule has 0 unspecified atom stereocenters. The van der Waals surface area contributed by atoms with Crippen molar-refractivity contribution in [3.05, 3.63) is 39.2 Å². The molecule has 6 nitrogen and oxygen atoms in total. The summed E-state index contributed by atoms with van der Waals surface area (Å²) < 4.78 is 15.4. The van der Waals surface area contributed by atoms with Gasteiger partial charge in [-0.3, -0.25) is 0 Å². The van der Waals surface area contributed by atoms with Gasteiger partial charge in [-0.05, 0) is 72.0 Å². The quantitative estimate of drug-likeness (QED) is 0.461. The van der Waals surface area contributed by atoms with Crippen molar-refractivity contribution >= 4 is 66.6 Å². The van der Waals surface area contributed by atoms with Gasteiger partial charge in [-0.15, -0.1) is 0 Å². The fraction of sp³-hybridized carbons (Fsp3) is 0.421. The van der Waals surface area contributed by atoms with E-state index in [1.807, 2.05) is 25.1 Å². The number of anilines is 3. The Morgan fingerprint density at radius 3 is 2.52 bits per heavy atom. The smallest absolute Gasteiger partial charge is 0.224 e. The van der Waals surface area contributed by atoms with Gasteiger partial charge < -0.3 is 20.9 Å². The Bertz CT molecular complexity index is 851. The second kappa shape index (κ2) is 9.99. The standard InChI is InChI=1S/C19H23Br2FN6S/c1-28(2)16-7-8-23-18(26-16)24-12-3-5-13(6-4-12)25-19(29)27-17-14(21)9-11(20)10-15(17)22/h7-10,12-13H,3-6H2,1-2H3,(H,23,24,26)(H2,25,27,29). The van der Waals surface area contributed by atoms with Gasteiger partial charge in [-0.1, -0.05) is 15.9 Å². The molecule has 1 fully saturated rings. The van der Waals surface area contributed by atoms with E-state index in [1.165, 1.54) is 6.07 Å². The minimum absolute atomic E-state index is 0.249. The number of thiocarbonyl (C=S) groups is 1. The van der Waals surface area contributed by atoms with Crippen molar-refractivity contribution in [2.45, 2.75) is 37.8 Å². The highest BCUT2D eigenvalue weighted by Crippen LogP contribution is 2.30. The van der Waals surface area contributed by atoms with Crippen LogP contribution in [0.15, 0.2) is 33.3 Å². The van der Waals surface area contributed by atoms with E-state index in [0.29, 0.717) is 31.7 Å². The lowest BCUT2D eigenvalue weighted by Crippen LogP contribution is -2.42. The molecule has 0 atom stereocenters. The van der Waals surface area contributed by atoms with E-state index in [4.69, 9.17) is 12.2 Å². The van der Waals surface area contributed by atoms with Crippen molar-refractivity contribution < 1.29 is 4.39 Å². The highest BCUT2D eigenvalue weighted by atomic mass is 79.9. The molecule has 0 spiro atoms. The Labute approximate surface area is 192 Å². The normalized spacial score (nSPS) is 18.8. The average Bonchev–Trinajstić information content (AvgIpc) is 2.66. The fourth-order valence-corrected chi connectivity index (χ4v) is 4.77. The SMILES string of the molecule is CN(C)c1ccnc(NC2CCC(NC(=S)Nc3c(F)cc(Br)cc3Br)CC2)n1. The molecular weight excluding hydrogens is 523 g/mol. The van der Waals surface area contributed by atoms with Crippen LogP contribution in [0.1, 0.15) is 25.7 Å². The Morgan fingerprint density at radius 1 is 1.17 bits per heavy atom. The van der Waals surface area contributed by atoms with Gasteiger partial charge in [-0.2, -0.15) is 4.98 Å². The molecular formula is C19H23Br2FN6S. The highest BCUT2D eigenvalue weighted by Gasteiger charge is 2.22. The van der Waals surface area contributed by atoms with Crippen molar-refractivity contribution in [3.63, 3.8) is 0 Å². The summed E-state index contributed by atoms with van der Waals surface area (Å²) in [5.41, 5.74) is 0.332. The Hall–Kier alpha value is -1.52. The molecule has 0 radical (unpaired) electrons. The van der Waals surface area contributed by atoms with Crippen molar-refractivity contribution in [2.75, 3.05) is 29.6 Å². The lowest BCUT2D eigenvalue weighted by Gasteiger charge is -2.30. The first-order valence-electron chi connectivity index (χ1n) is 9.31. The van der Waals surface area contributed by atoms with Crippen LogP contribution in [0.25, 0.3) is 0 Å². The fourth-order valence-electron chi connectivity index (χ4n) is 3.23. The van der Waals surface area contributed by atoms with E-state index in [0.717, 1.165) is 31.5 Å². The minimum Gasteiger partial charge on any atom is -0.363 e. The van der Waals surface area contributed by atoms with Crippen LogP contribution in [0.4, 0.5) is 21.8 Å². The zero-order valence-electron chi connectivity index (χ0n) is 16.2. The predicted molar refractivity (Wildman–Crippen MR) is 127 cm³/mol. The second-order valence-electron chi connectivity index (χ2n) is 7.17. The zero-order valence-corrected chi connectivity index (χ0v) is 20.2. The van der Waals surface area contributed by atoms with Gasteiger partial charge >= 0.3 is 0 Å². The van der Waals surface area contributed by atoms with E-state index in [1.54, 1.807) is 12.3 Å². The summed E-state index contributed by atoms with van der Waals surface area (Å²) in [4.78, 5) is 10.8. The molecule has 0 aliphatic heterocycles. The molecule has 156 valence electrons. The maximum absolute atomic E-state index is 14.2. The van der Waals surface area contributed by atoms with Gasteiger partial charge in [-0.25, -0.2) is 9.37 Å². The maximum atomic E-state index is 14.2. The second-order valence-corrected chi connectivity index (χ2v) is 9.35. The molecule has 29 heavy (non-hydrogen) atoms. The summed E-state index contributed by atoms with van der Waals surface area (Å²) >= 11 is 12.0. The summed E-state index contributed by atoms with van der Waals surface area (Å²) in [7, 11) is 3.91. The number of hydrogen-bond donors (Lipinski definition) is 3. The molecule has 3 rings (SSSR count). The average molecular weight is 546 g/mol. The third-order valence-corrected chi connectivity index (χ3v) is 6.04. The van der Waals surface area contributed by atoms with E-state index in [-0.39, 0.29) is 11.9 Å². The van der Waals surface area contributed by atoms with Gasteiger partial charge in [0, 0.05) is 41.3 Å². The van der Waals surface area contributed by atoms with Gasteiger partial charge in [0.1, 0.15) is 11.6 Å². The van der Waals surface area contributed by atoms with E-state index >= 15 is 0 Å². The molecule has 1 aromatic carbocycles. The molecule has 1 aliphatic carbocycles. The van der Waals surface area contributed by atoms with Crippen LogP contribution in [-0.4, -0.2) is 41.3 Å². The summed E-state index contributed by atoms with van der Waals surface area (Å²) in [6.45, 7) is 0. The van der Waals surface area contributed by atoms with Crippen LogP contribution in [0.3, 0.4) is 0 Å². The number of hydrogen-bond acceptors (Lipinski definition) is 5. The molecule has 0 bridgehead atoms. The molecule has 3 N–H and O–H groups in total. The lowest BCUT2D eigenvalue weighted by molar-refractivity contribution is 0.387. The first kappa shape index (κ1) is 22.2. The minimum atomic E-state index is -0.372. The number of halogens is 3. The summed E-state index contributed by atoms with van der Waals surface area (Å²) in [5, 5.41) is 10.1. The van der Waals surface area contributed by atoms with Crippen molar-refractivity contribution in [1.82, 2.24) is 15.3 Å². The predicted octanol–water partition coefficient (Wildman–Crippen LogP) is 4.92. The molecule has 0 amide bonds. The molecule has 1 heterocycles. The van der Waals surface area contributed by atoms with Crippen molar-refractivity contribution in [1.29, 1.82) is 0 Å². The maximum Gasteiger partial charge on any atom is 0.224 e. The van der Waals surface area contributed by atoms with Crippen molar-refractivity contribution in [3.8, 4) is 0 Å². The third-order valence-electron chi connectivity index (χ3n) is 4.74. The summed E-state index contributed by atoms with van der Waals surface area (Å²) in [6, 6.07) is 5.63. The number of nitrogens with one attached hydrogen (secondary N) is 3. The Balaban J connectivity index is 1.48. The first-order chi connectivity index (χ1) is 13.8. The number of aromatic nitrogens is 2. The molecule has 0 saturated heterocycles. The number of benzene rings is 1. The van der Waals surface area contributed by atoms with Gasteiger partial charge in [0.25, 0.3) is 0 Å². The topological polar surface area (TPSA) is 65.1 Å². The van der Waals surface area contributed by atoms with E-state index in [9.17, 15) is 4.39 Å². The molecule has 2 aromatic rings. The Morgan fingerprint density at radius 2 is 1.86 bits per heavy atom.